The number of hydrogen-bond donors (Lipinski definition) is 1. The maximum absolute atomic E-state index is 12.1. The molecule has 0 saturated heterocycles. The van der Waals surface area contributed by atoms with Crippen LogP contribution in [0.1, 0.15) is 36.6 Å². The van der Waals surface area contributed by atoms with Crippen LogP contribution in [-0.2, 0) is 0 Å². The predicted octanol–water partition coefficient (Wildman–Crippen LogP) is 2.01. The van der Waals surface area contributed by atoms with Gasteiger partial charge in [0.05, 0.1) is 22.9 Å². The van der Waals surface area contributed by atoms with Crippen LogP contribution < -0.4 is 0 Å². The molecule has 1 aliphatic heterocycles. The summed E-state index contributed by atoms with van der Waals surface area (Å²) in [6.45, 7) is 0. The third-order valence-corrected chi connectivity index (χ3v) is 3.25. The second kappa shape index (κ2) is 5.25. The van der Waals surface area contributed by atoms with Gasteiger partial charge < -0.3 is 5.11 Å². The molecule has 6 heteroatoms. The van der Waals surface area contributed by atoms with Gasteiger partial charge in [0.2, 0.25) is 0 Å². The minimum absolute atomic E-state index is 0.151. The number of carboxylic acids is 1. The van der Waals surface area contributed by atoms with Gasteiger partial charge in [0, 0.05) is 0 Å². The van der Waals surface area contributed by atoms with Crippen LogP contribution >= 0.6 is 0 Å². The highest BCUT2D eigenvalue weighted by Gasteiger charge is 2.35. The van der Waals surface area contributed by atoms with Gasteiger partial charge in [0.1, 0.15) is 0 Å². The van der Waals surface area contributed by atoms with Gasteiger partial charge in [-0.15, -0.1) is 0 Å². The number of aromatic carboxylic acids is 1. The van der Waals surface area contributed by atoms with Crippen LogP contribution in [0.5, 0.6) is 0 Å². The maximum Gasteiger partial charge on any atom is 0.335 e. The van der Waals surface area contributed by atoms with E-state index in [1.807, 2.05) is 0 Å². The fourth-order valence-corrected chi connectivity index (χ4v) is 2.12. The van der Waals surface area contributed by atoms with Crippen molar-refractivity contribution in [1.82, 2.24) is 5.01 Å². The molecule has 1 N–H and O–H groups in total. The zero-order valence-electron chi connectivity index (χ0n) is 11.3. The van der Waals surface area contributed by atoms with Crippen molar-refractivity contribution in [3.05, 3.63) is 70.8 Å². The molecular formula is C16H10N2O4. The van der Waals surface area contributed by atoms with Gasteiger partial charge in [0.15, 0.2) is 0 Å². The second-order valence-corrected chi connectivity index (χ2v) is 4.64. The van der Waals surface area contributed by atoms with Gasteiger partial charge in [-0.2, -0.15) is 10.1 Å². The topological polar surface area (TPSA) is 87.0 Å². The third kappa shape index (κ3) is 2.26. The summed E-state index contributed by atoms with van der Waals surface area (Å²) in [5, 5.41) is 13.5. The second-order valence-electron chi connectivity index (χ2n) is 4.64. The molecule has 6 nitrogen and oxygen atoms in total. The number of nitrogens with zero attached hydrogens (tertiary/aromatic N) is 2. The molecule has 0 atom stereocenters. The Morgan fingerprint density at radius 3 is 2.00 bits per heavy atom. The molecule has 108 valence electrons. The minimum Gasteiger partial charge on any atom is -0.478 e. The van der Waals surface area contributed by atoms with E-state index in [0.717, 1.165) is 5.01 Å². The molecule has 2 amide bonds. The number of imide groups is 1. The largest absolute Gasteiger partial charge is 0.478 e. The summed E-state index contributed by atoms with van der Waals surface area (Å²) >= 11 is 0. The summed E-state index contributed by atoms with van der Waals surface area (Å²) in [5.41, 5.74) is 1.39. The van der Waals surface area contributed by atoms with Gasteiger partial charge >= 0.3 is 5.97 Å². The van der Waals surface area contributed by atoms with Crippen LogP contribution in [0.15, 0.2) is 53.6 Å². The molecule has 2 aromatic carbocycles. The molecule has 0 radical (unpaired) electrons. The highest BCUT2D eigenvalue weighted by atomic mass is 16.4. The number of hydrazone groups is 1. The molecule has 0 spiro atoms. The number of fused-ring (bicyclic) bond motifs is 1. The molecule has 0 fully saturated rings. The van der Waals surface area contributed by atoms with Crippen molar-refractivity contribution in [2.45, 2.75) is 0 Å². The zero-order valence-corrected chi connectivity index (χ0v) is 11.3. The Labute approximate surface area is 125 Å². The molecule has 0 bridgehead atoms. The van der Waals surface area contributed by atoms with E-state index in [9.17, 15) is 14.4 Å². The molecule has 0 unspecified atom stereocenters. The quantitative estimate of drug-likeness (QED) is 0.693. The van der Waals surface area contributed by atoms with Crippen molar-refractivity contribution in [3.8, 4) is 0 Å². The lowest BCUT2D eigenvalue weighted by Crippen LogP contribution is -2.23. The highest BCUT2D eigenvalue weighted by molar-refractivity contribution is 6.21. The lowest BCUT2D eigenvalue weighted by Gasteiger charge is -2.05. The van der Waals surface area contributed by atoms with E-state index >= 15 is 0 Å². The standard InChI is InChI=1S/C16H10N2O4/c19-14-12-3-1-2-4-13(12)15(20)18(14)17-9-10-5-7-11(8-6-10)16(21)22/h1-9H,(H,21,22). The van der Waals surface area contributed by atoms with Crippen molar-refractivity contribution in [1.29, 1.82) is 0 Å². The first-order valence-electron chi connectivity index (χ1n) is 6.43. The summed E-state index contributed by atoms with van der Waals surface area (Å²) in [6.07, 6.45) is 1.34. The van der Waals surface area contributed by atoms with Crippen LogP contribution in [0.4, 0.5) is 0 Å². The molecule has 1 aliphatic rings. The molecule has 1 heterocycles. The third-order valence-electron chi connectivity index (χ3n) is 3.25. The summed E-state index contributed by atoms with van der Waals surface area (Å²) in [5.74, 6) is -1.97. The molecule has 0 aliphatic carbocycles. The number of amides is 2. The van der Waals surface area contributed by atoms with E-state index in [4.69, 9.17) is 5.11 Å². The maximum atomic E-state index is 12.1. The fraction of sp³-hybridized carbons (Fsp3) is 0. The molecular weight excluding hydrogens is 284 g/mol. The van der Waals surface area contributed by atoms with Crippen molar-refractivity contribution in [3.63, 3.8) is 0 Å². The average Bonchev–Trinajstić information content (AvgIpc) is 2.78. The van der Waals surface area contributed by atoms with Crippen LogP contribution in [0.3, 0.4) is 0 Å². The monoisotopic (exact) mass is 294 g/mol. The molecule has 3 rings (SSSR count). The SMILES string of the molecule is O=C(O)c1ccc(C=NN2C(=O)c3ccccc3C2=O)cc1. The summed E-state index contributed by atoms with van der Waals surface area (Å²) in [4.78, 5) is 34.9. The van der Waals surface area contributed by atoms with Gasteiger partial charge in [-0.1, -0.05) is 24.3 Å². The minimum atomic E-state index is -1.02. The van der Waals surface area contributed by atoms with E-state index < -0.39 is 17.8 Å². The number of benzene rings is 2. The number of carboxylic acid groups (broad SMARTS) is 1. The summed E-state index contributed by atoms with van der Waals surface area (Å²) in [7, 11) is 0. The number of carbonyl (C=O) groups is 3. The Hall–Kier alpha value is -3.28. The van der Waals surface area contributed by atoms with Crippen LogP contribution in [0, 0.1) is 0 Å². The summed E-state index contributed by atoms with van der Waals surface area (Å²) < 4.78 is 0. The molecule has 2 aromatic rings. The average molecular weight is 294 g/mol. The van der Waals surface area contributed by atoms with Crippen LogP contribution in [0.2, 0.25) is 0 Å². The lowest BCUT2D eigenvalue weighted by atomic mass is 10.1. The van der Waals surface area contributed by atoms with Crippen molar-refractivity contribution in [2.24, 2.45) is 5.10 Å². The Bertz CT molecular complexity index is 774. The molecule has 0 aromatic heterocycles. The Kier molecular flexibility index (Phi) is 3.27. The Morgan fingerprint density at radius 1 is 0.955 bits per heavy atom. The first-order valence-corrected chi connectivity index (χ1v) is 6.43. The van der Waals surface area contributed by atoms with E-state index in [0.29, 0.717) is 16.7 Å². The van der Waals surface area contributed by atoms with Crippen LogP contribution in [0.25, 0.3) is 0 Å². The number of rotatable bonds is 3. The van der Waals surface area contributed by atoms with E-state index in [2.05, 4.69) is 5.10 Å². The first-order chi connectivity index (χ1) is 10.6. The molecule has 22 heavy (non-hydrogen) atoms. The first kappa shape index (κ1) is 13.7. The molecule has 0 saturated carbocycles. The predicted molar refractivity (Wildman–Crippen MR) is 77.9 cm³/mol. The van der Waals surface area contributed by atoms with E-state index in [-0.39, 0.29) is 5.56 Å². The van der Waals surface area contributed by atoms with Crippen LogP contribution in [-0.4, -0.2) is 34.1 Å². The highest BCUT2D eigenvalue weighted by Crippen LogP contribution is 2.22. The van der Waals surface area contributed by atoms with Gasteiger partial charge in [-0.3, -0.25) is 9.59 Å². The number of carbonyl (C=O) groups excluding carboxylic acids is 2. The Balaban J connectivity index is 1.83. The van der Waals surface area contributed by atoms with Crippen molar-refractivity contribution in [2.75, 3.05) is 0 Å². The fourth-order valence-electron chi connectivity index (χ4n) is 2.12. The zero-order chi connectivity index (χ0) is 15.7. The van der Waals surface area contributed by atoms with Crippen molar-refractivity contribution >= 4 is 24.0 Å². The van der Waals surface area contributed by atoms with Gasteiger partial charge in [-0.05, 0) is 29.8 Å². The lowest BCUT2D eigenvalue weighted by molar-refractivity contribution is 0.0656. The van der Waals surface area contributed by atoms with E-state index in [1.165, 1.54) is 18.3 Å². The van der Waals surface area contributed by atoms with Crippen molar-refractivity contribution < 1.29 is 19.5 Å². The Morgan fingerprint density at radius 2 is 1.50 bits per heavy atom. The van der Waals surface area contributed by atoms with Gasteiger partial charge in [0.25, 0.3) is 11.8 Å². The van der Waals surface area contributed by atoms with E-state index in [1.54, 1.807) is 36.4 Å². The summed E-state index contributed by atoms with van der Waals surface area (Å²) in [6, 6.07) is 12.5. The smallest absolute Gasteiger partial charge is 0.335 e. The normalized spacial score (nSPS) is 13.7. The number of hydrogen-bond acceptors (Lipinski definition) is 4. The van der Waals surface area contributed by atoms with Gasteiger partial charge in [-0.25, -0.2) is 4.79 Å².